The van der Waals surface area contributed by atoms with E-state index in [4.69, 9.17) is 9.47 Å². The van der Waals surface area contributed by atoms with E-state index in [0.29, 0.717) is 24.8 Å². The van der Waals surface area contributed by atoms with Gasteiger partial charge in [0.05, 0.1) is 18.7 Å². The molecule has 0 aromatic heterocycles. The Balaban J connectivity index is 1.83. The van der Waals surface area contributed by atoms with Crippen LogP contribution >= 0.6 is 0 Å². The number of carbonyl (C=O) groups is 3. The summed E-state index contributed by atoms with van der Waals surface area (Å²) >= 11 is 0. The minimum absolute atomic E-state index is 0.234. The van der Waals surface area contributed by atoms with Gasteiger partial charge in [-0.1, -0.05) is 18.2 Å². The lowest BCUT2D eigenvalue weighted by molar-refractivity contribution is -0.155. The number of piperidine rings is 1. The summed E-state index contributed by atoms with van der Waals surface area (Å²) in [6, 6.07) is 7.77. The van der Waals surface area contributed by atoms with Crippen molar-refractivity contribution in [1.29, 1.82) is 0 Å². The van der Waals surface area contributed by atoms with Gasteiger partial charge >= 0.3 is 18.0 Å². The molecule has 2 bridgehead atoms. The molecular formula is C17H19NO6. The third-order valence-corrected chi connectivity index (χ3v) is 4.83. The molecule has 7 heteroatoms. The second-order valence-electron chi connectivity index (χ2n) is 6.08. The van der Waals surface area contributed by atoms with Gasteiger partial charge in [0, 0.05) is 12.5 Å². The fourth-order valence-electron chi connectivity index (χ4n) is 3.80. The van der Waals surface area contributed by atoms with Gasteiger partial charge in [-0.05, 0) is 25.0 Å². The first kappa shape index (κ1) is 16.3. The van der Waals surface area contributed by atoms with Gasteiger partial charge in [-0.2, -0.15) is 0 Å². The molecule has 7 nitrogen and oxygen atoms in total. The van der Waals surface area contributed by atoms with Crippen LogP contribution in [0.25, 0.3) is 0 Å². The van der Waals surface area contributed by atoms with Crippen molar-refractivity contribution in [2.75, 3.05) is 7.11 Å². The van der Waals surface area contributed by atoms with Crippen molar-refractivity contribution < 1.29 is 29.0 Å². The summed E-state index contributed by atoms with van der Waals surface area (Å²) in [6.45, 7) is 0. The van der Waals surface area contributed by atoms with Crippen molar-refractivity contribution in [2.45, 2.75) is 37.5 Å². The van der Waals surface area contributed by atoms with Crippen molar-refractivity contribution in [2.24, 2.45) is 5.92 Å². The molecule has 2 aliphatic rings. The topological polar surface area (TPSA) is 93.1 Å². The van der Waals surface area contributed by atoms with Gasteiger partial charge in [-0.25, -0.2) is 9.59 Å². The van der Waals surface area contributed by atoms with Gasteiger partial charge < -0.3 is 19.5 Å². The van der Waals surface area contributed by atoms with Crippen LogP contribution in [0.2, 0.25) is 0 Å². The number of nitrogens with zero attached hydrogens (tertiary/aromatic N) is 1. The highest BCUT2D eigenvalue weighted by Crippen LogP contribution is 2.41. The van der Waals surface area contributed by atoms with E-state index in [9.17, 15) is 19.5 Å². The fourth-order valence-corrected chi connectivity index (χ4v) is 3.80. The van der Waals surface area contributed by atoms with Crippen LogP contribution in [-0.4, -0.2) is 53.3 Å². The Morgan fingerprint density at radius 1 is 1.17 bits per heavy atom. The zero-order chi connectivity index (χ0) is 17.3. The summed E-state index contributed by atoms with van der Waals surface area (Å²) in [5.41, 5.74) is 0.397. The van der Waals surface area contributed by atoms with Gasteiger partial charge in [0.25, 0.3) is 0 Å². The normalized spacial score (nSPS) is 28.3. The first-order valence-electron chi connectivity index (χ1n) is 7.88. The van der Waals surface area contributed by atoms with E-state index in [1.807, 2.05) is 0 Å². The average molecular weight is 333 g/mol. The van der Waals surface area contributed by atoms with E-state index < -0.39 is 36.1 Å². The fraction of sp³-hybridized carbons (Fsp3) is 0.471. The standard InChI is InChI=1S/C17H19NO6/c1-23-16(20)14-12-8-7-11(18(12)17(21)22)9-13(14)24-15(19)10-5-3-2-4-6-10/h2-6,11-14H,7-9H2,1H3,(H,21,22). The number of amides is 1. The van der Waals surface area contributed by atoms with Crippen LogP contribution in [0.4, 0.5) is 4.79 Å². The largest absolute Gasteiger partial charge is 0.469 e. The van der Waals surface area contributed by atoms with E-state index >= 15 is 0 Å². The van der Waals surface area contributed by atoms with Gasteiger partial charge in [-0.3, -0.25) is 4.79 Å². The van der Waals surface area contributed by atoms with Crippen LogP contribution in [0.3, 0.4) is 0 Å². The van der Waals surface area contributed by atoms with Crippen molar-refractivity contribution in [3.8, 4) is 0 Å². The molecule has 4 unspecified atom stereocenters. The van der Waals surface area contributed by atoms with Crippen molar-refractivity contribution in [3.05, 3.63) is 35.9 Å². The molecule has 1 amide bonds. The minimum Gasteiger partial charge on any atom is -0.469 e. The Kier molecular flexibility index (Phi) is 4.42. The van der Waals surface area contributed by atoms with Crippen LogP contribution in [-0.2, 0) is 14.3 Å². The molecular weight excluding hydrogens is 314 g/mol. The summed E-state index contributed by atoms with van der Waals surface area (Å²) in [5, 5.41) is 9.40. The Morgan fingerprint density at radius 3 is 2.50 bits per heavy atom. The van der Waals surface area contributed by atoms with Crippen molar-refractivity contribution >= 4 is 18.0 Å². The molecule has 24 heavy (non-hydrogen) atoms. The third kappa shape index (κ3) is 2.81. The number of benzene rings is 1. The summed E-state index contributed by atoms with van der Waals surface area (Å²) in [4.78, 5) is 37.3. The molecule has 2 heterocycles. The zero-order valence-corrected chi connectivity index (χ0v) is 13.3. The summed E-state index contributed by atoms with van der Waals surface area (Å²) in [7, 11) is 1.25. The molecule has 2 aliphatic heterocycles. The smallest absolute Gasteiger partial charge is 0.407 e. The number of rotatable bonds is 3. The summed E-state index contributed by atoms with van der Waals surface area (Å²) < 4.78 is 10.4. The lowest BCUT2D eigenvalue weighted by Crippen LogP contribution is -2.56. The number of carboxylic acid groups (broad SMARTS) is 1. The van der Waals surface area contributed by atoms with Crippen LogP contribution in [0.5, 0.6) is 0 Å². The average Bonchev–Trinajstić information content (AvgIpc) is 2.90. The summed E-state index contributed by atoms with van der Waals surface area (Å²) in [5.74, 6) is -1.85. The highest BCUT2D eigenvalue weighted by molar-refractivity contribution is 5.89. The molecule has 1 aromatic carbocycles. The molecule has 3 rings (SSSR count). The molecule has 2 saturated heterocycles. The van der Waals surface area contributed by atoms with Gasteiger partial charge in [0.15, 0.2) is 0 Å². The maximum absolute atomic E-state index is 12.3. The zero-order valence-electron chi connectivity index (χ0n) is 13.3. The number of hydrogen-bond donors (Lipinski definition) is 1. The lowest BCUT2D eigenvalue weighted by Gasteiger charge is -2.41. The maximum Gasteiger partial charge on any atom is 0.407 e. The van der Waals surface area contributed by atoms with Gasteiger partial charge in [0.1, 0.15) is 12.0 Å². The third-order valence-electron chi connectivity index (χ3n) is 4.83. The molecule has 1 N–H and O–H groups in total. The van der Waals surface area contributed by atoms with Crippen LogP contribution in [0, 0.1) is 5.92 Å². The van der Waals surface area contributed by atoms with E-state index in [-0.39, 0.29) is 6.04 Å². The van der Waals surface area contributed by atoms with E-state index in [1.54, 1.807) is 30.3 Å². The van der Waals surface area contributed by atoms with Crippen molar-refractivity contribution in [1.82, 2.24) is 4.90 Å². The van der Waals surface area contributed by atoms with Crippen LogP contribution < -0.4 is 0 Å². The number of esters is 2. The number of methoxy groups -OCH3 is 1. The van der Waals surface area contributed by atoms with Gasteiger partial charge in [0.2, 0.25) is 0 Å². The number of hydrogen-bond acceptors (Lipinski definition) is 5. The van der Waals surface area contributed by atoms with Crippen molar-refractivity contribution in [3.63, 3.8) is 0 Å². The van der Waals surface area contributed by atoms with Crippen LogP contribution in [0.1, 0.15) is 29.6 Å². The predicted molar refractivity (Wildman–Crippen MR) is 82.4 cm³/mol. The molecule has 0 aliphatic carbocycles. The van der Waals surface area contributed by atoms with Gasteiger partial charge in [-0.15, -0.1) is 0 Å². The monoisotopic (exact) mass is 333 g/mol. The molecule has 2 fully saturated rings. The molecule has 128 valence electrons. The van der Waals surface area contributed by atoms with E-state index in [0.717, 1.165) is 0 Å². The lowest BCUT2D eigenvalue weighted by atomic mass is 9.87. The molecule has 0 saturated carbocycles. The minimum atomic E-state index is -1.05. The first-order valence-corrected chi connectivity index (χ1v) is 7.88. The Hall–Kier alpha value is -2.57. The Bertz CT molecular complexity index is 646. The Morgan fingerprint density at radius 2 is 1.88 bits per heavy atom. The first-order chi connectivity index (χ1) is 11.5. The number of ether oxygens (including phenoxy) is 2. The quantitative estimate of drug-likeness (QED) is 0.850. The maximum atomic E-state index is 12.3. The molecule has 0 radical (unpaired) electrons. The summed E-state index contributed by atoms with van der Waals surface area (Å²) in [6.07, 6.45) is -0.205. The SMILES string of the molecule is COC(=O)C1C(OC(=O)c2ccccc2)CC2CCC1N2C(=O)O. The molecule has 4 atom stereocenters. The van der Waals surface area contributed by atoms with E-state index in [1.165, 1.54) is 12.0 Å². The number of carbonyl (C=O) groups excluding carboxylic acids is 2. The van der Waals surface area contributed by atoms with E-state index in [2.05, 4.69) is 0 Å². The highest BCUT2D eigenvalue weighted by atomic mass is 16.6. The molecule has 0 spiro atoms. The second-order valence-corrected chi connectivity index (χ2v) is 6.08. The number of fused-ring (bicyclic) bond motifs is 2. The predicted octanol–water partition coefficient (Wildman–Crippen LogP) is 1.92. The highest BCUT2D eigenvalue weighted by Gasteiger charge is 2.54. The molecule has 1 aromatic rings. The Labute approximate surface area is 139 Å². The second kappa shape index (κ2) is 6.51. The van der Waals surface area contributed by atoms with Crippen LogP contribution in [0.15, 0.2) is 30.3 Å².